The highest BCUT2D eigenvalue weighted by molar-refractivity contribution is 5.94. The first-order valence-corrected chi connectivity index (χ1v) is 6.29. The van der Waals surface area contributed by atoms with Gasteiger partial charge in [0, 0.05) is 11.6 Å². The van der Waals surface area contributed by atoms with Gasteiger partial charge in [0.15, 0.2) is 0 Å². The Hall–Kier alpha value is -1.61. The molecule has 98 valence electrons. The first kappa shape index (κ1) is 14.5. The van der Waals surface area contributed by atoms with Crippen molar-refractivity contribution in [3.8, 4) is 0 Å². The smallest absolute Gasteiger partial charge is 0.253 e. The lowest BCUT2D eigenvalue weighted by Gasteiger charge is -2.20. The van der Waals surface area contributed by atoms with Crippen molar-refractivity contribution in [1.82, 2.24) is 0 Å². The van der Waals surface area contributed by atoms with Crippen LogP contribution in [0.2, 0.25) is 0 Å². The van der Waals surface area contributed by atoms with Crippen LogP contribution in [-0.4, -0.2) is 17.1 Å². The van der Waals surface area contributed by atoms with Crippen LogP contribution in [0.15, 0.2) is 42.0 Å². The van der Waals surface area contributed by atoms with Crippen molar-refractivity contribution in [2.24, 2.45) is 5.92 Å². The molecule has 0 aromatic heterocycles. The largest absolute Gasteiger partial charge is 0.383 e. The van der Waals surface area contributed by atoms with Gasteiger partial charge in [-0.3, -0.25) is 4.79 Å². The summed E-state index contributed by atoms with van der Waals surface area (Å²) in [5.74, 6) is -0.523. The maximum atomic E-state index is 11.9. The van der Waals surface area contributed by atoms with Gasteiger partial charge in [0.05, 0.1) is 0 Å². The Kier molecular flexibility index (Phi) is 5.59. The van der Waals surface area contributed by atoms with E-state index in [1.165, 1.54) is 0 Å². The predicted octanol–water partition coefficient (Wildman–Crippen LogP) is 2.98. The molecule has 18 heavy (non-hydrogen) atoms. The molecular formula is C15H21NO2. The van der Waals surface area contributed by atoms with Crippen LogP contribution < -0.4 is 5.32 Å². The van der Waals surface area contributed by atoms with Crippen LogP contribution in [0.3, 0.4) is 0 Å². The van der Waals surface area contributed by atoms with E-state index in [9.17, 15) is 9.90 Å². The summed E-state index contributed by atoms with van der Waals surface area (Å²) < 4.78 is 0. The van der Waals surface area contributed by atoms with E-state index < -0.39 is 6.10 Å². The number of hydrogen-bond acceptors (Lipinski definition) is 2. The van der Waals surface area contributed by atoms with Crippen LogP contribution in [0.1, 0.15) is 27.2 Å². The zero-order valence-electron chi connectivity index (χ0n) is 11.2. The molecule has 2 atom stereocenters. The van der Waals surface area contributed by atoms with E-state index in [0.717, 1.165) is 12.0 Å². The lowest BCUT2D eigenvalue weighted by Crippen LogP contribution is -2.34. The Morgan fingerprint density at radius 1 is 1.39 bits per heavy atom. The van der Waals surface area contributed by atoms with Crippen molar-refractivity contribution in [1.29, 1.82) is 0 Å². The number of carbonyl (C=O) groups excluding carboxylic acids is 1. The number of allylic oxidation sites excluding steroid dienone is 1. The third-order valence-electron chi connectivity index (χ3n) is 3.15. The van der Waals surface area contributed by atoms with Crippen molar-refractivity contribution < 1.29 is 9.90 Å². The van der Waals surface area contributed by atoms with Crippen molar-refractivity contribution in [3.63, 3.8) is 0 Å². The molecule has 3 nitrogen and oxygen atoms in total. The lowest BCUT2D eigenvalue weighted by atomic mass is 9.92. The second kappa shape index (κ2) is 6.97. The van der Waals surface area contributed by atoms with Crippen molar-refractivity contribution >= 4 is 11.6 Å². The quantitative estimate of drug-likeness (QED) is 0.786. The van der Waals surface area contributed by atoms with Crippen LogP contribution in [0.5, 0.6) is 0 Å². The number of aliphatic hydroxyl groups is 1. The van der Waals surface area contributed by atoms with E-state index in [0.29, 0.717) is 5.69 Å². The van der Waals surface area contributed by atoms with Crippen molar-refractivity contribution in [2.45, 2.75) is 33.3 Å². The second-order valence-corrected chi connectivity index (χ2v) is 4.31. The molecule has 1 aromatic rings. The summed E-state index contributed by atoms with van der Waals surface area (Å²) in [6.45, 7) is 5.82. The monoisotopic (exact) mass is 247 g/mol. The average molecular weight is 247 g/mol. The highest BCUT2D eigenvalue weighted by Crippen LogP contribution is 2.19. The van der Waals surface area contributed by atoms with Gasteiger partial charge in [-0.1, -0.05) is 43.7 Å². The molecule has 0 spiro atoms. The Bertz CT molecular complexity index is 412. The number of anilines is 1. The molecule has 0 aliphatic heterocycles. The molecule has 0 aliphatic carbocycles. The molecule has 3 heteroatoms. The summed E-state index contributed by atoms with van der Waals surface area (Å²) in [6, 6.07) is 9.16. The molecule has 0 fully saturated rings. The first-order chi connectivity index (χ1) is 8.60. The number of amides is 1. The Morgan fingerprint density at radius 3 is 2.50 bits per heavy atom. The van der Waals surface area contributed by atoms with E-state index in [-0.39, 0.29) is 11.8 Å². The topological polar surface area (TPSA) is 49.3 Å². The molecule has 0 saturated heterocycles. The van der Waals surface area contributed by atoms with Gasteiger partial charge in [-0.2, -0.15) is 0 Å². The Labute approximate surface area is 109 Å². The number of carbonyl (C=O) groups is 1. The number of para-hydroxylation sites is 1. The van der Waals surface area contributed by atoms with Crippen LogP contribution in [0, 0.1) is 5.92 Å². The van der Waals surface area contributed by atoms with Gasteiger partial charge in [0.25, 0.3) is 5.91 Å². The third kappa shape index (κ3) is 3.70. The molecule has 0 unspecified atom stereocenters. The molecular weight excluding hydrogens is 226 g/mol. The zero-order chi connectivity index (χ0) is 13.5. The summed E-state index contributed by atoms with van der Waals surface area (Å²) in [5, 5.41) is 12.7. The molecule has 0 saturated carbocycles. The minimum absolute atomic E-state index is 0.163. The van der Waals surface area contributed by atoms with E-state index in [4.69, 9.17) is 0 Å². The molecule has 1 rings (SSSR count). The number of hydrogen-bond donors (Lipinski definition) is 2. The van der Waals surface area contributed by atoms with E-state index in [2.05, 4.69) is 5.32 Å². The van der Waals surface area contributed by atoms with Crippen LogP contribution >= 0.6 is 0 Å². The SMILES string of the molecule is C/C=C(\CC)[C@@H](C)[C@H](O)C(=O)Nc1ccccc1. The molecule has 2 N–H and O–H groups in total. The summed E-state index contributed by atoms with van der Waals surface area (Å²) in [7, 11) is 0. The van der Waals surface area contributed by atoms with Crippen LogP contribution in [0.25, 0.3) is 0 Å². The average Bonchev–Trinajstić information content (AvgIpc) is 2.40. The number of benzene rings is 1. The van der Waals surface area contributed by atoms with Gasteiger partial charge >= 0.3 is 0 Å². The van der Waals surface area contributed by atoms with E-state index in [1.54, 1.807) is 12.1 Å². The fraction of sp³-hybridized carbons (Fsp3) is 0.400. The molecule has 0 bridgehead atoms. The normalized spacial score (nSPS) is 15.0. The van der Waals surface area contributed by atoms with Gasteiger partial charge in [0.1, 0.15) is 6.10 Å². The molecule has 0 radical (unpaired) electrons. The minimum atomic E-state index is -1.02. The number of nitrogens with one attached hydrogen (secondary N) is 1. The molecule has 0 heterocycles. The highest BCUT2D eigenvalue weighted by Gasteiger charge is 2.24. The van der Waals surface area contributed by atoms with Crippen LogP contribution in [-0.2, 0) is 4.79 Å². The van der Waals surface area contributed by atoms with Gasteiger partial charge in [-0.05, 0) is 25.5 Å². The second-order valence-electron chi connectivity index (χ2n) is 4.31. The fourth-order valence-corrected chi connectivity index (χ4v) is 1.96. The lowest BCUT2D eigenvalue weighted by molar-refractivity contribution is -0.125. The van der Waals surface area contributed by atoms with E-state index >= 15 is 0 Å². The highest BCUT2D eigenvalue weighted by atomic mass is 16.3. The molecule has 1 amide bonds. The number of aliphatic hydroxyl groups excluding tert-OH is 1. The molecule has 0 aliphatic rings. The number of rotatable bonds is 5. The van der Waals surface area contributed by atoms with Gasteiger partial charge < -0.3 is 10.4 Å². The zero-order valence-corrected chi connectivity index (χ0v) is 11.2. The molecule has 1 aromatic carbocycles. The van der Waals surface area contributed by atoms with E-state index in [1.807, 2.05) is 45.0 Å². The van der Waals surface area contributed by atoms with Crippen molar-refractivity contribution in [3.05, 3.63) is 42.0 Å². The maximum absolute atomic E-state index is 11.9. The maximum Gasteiger partial charge on any atom is 0.253 e. The Morgan fingerprint density at radius 2 is 2.00 bits per heavy atom. The van der Waals surface area contributed by atoms with Crippen LogP contribution in [0.4, 0.5) is 5.69 Å². The summed E-state index contributed by atoms with van der Waals surface area (Å²) in [5.41, 5.74) is 1.79. The summed E-state index contributed by atoms with van der Waals surface area (Å²) in [6.07, 6.45) is 1.79. The fourth-order valence-electron chi connectivity index (χ4n) is 1.96. The van der Waals surface area contributed by atoms with Gasteiger partial charge in [-0.25, -0.2) is 0 Å². The predicted molar refractivity (Wildman–Crippen MR) is 74.3 cm³/mol. The third-order valence-corrected chi connectivity index (χ3v) is 3.15. The van der Waals surface area contributed by atoms with Crippen molar-refractivity contribution in [2.75, 3.05) is 5.32 Å². The first-order valence-electron chi connectivity index (χ1n) is 6.29. The van der Waals surface area contributed by atoms with Gasteiger partial charge in [0.2, 0.25) is 0 Å². The summed E-state index contributed by atoms with van der Waals surface area (Å²) >= 11 is 0. The standard InChI is InChI=1S/C15H21NO2/c1-4-12(5-2)11(3)14(17)15(18)16-13-9-7-6-8-10-13/h4,6-11,14,17H,5H2,1-3H3,(H,16,18)/b12-4+/t11-,14+/m1/s1. The minimum Gasteiger partial charge on any atom is -0.383 e. The summed E-state index contributed by atoms with van der Waals surface area (Å²) in [4.78, 5) is 11.9. The van der Waals surface area contributed by atoms with Gasteiger partial charge in [-0.15, -0.1) is 0 Å². The Balaban J connectivity index is 2.67.